The van der Waals surface area contributed by atoms with Gasteiger partial charge >= 0.3 is 0 Å². The van der Waals surface area contributed by atoms with Crippen LogP contribution in [0.2, 0.25) is 0 Å². The molecule has 1 N–H and O–H groups in total. The van der Waals surface area contributed by atoms with Crippen LogP contribution in [0.25, 0.3) is 10.9 Å². The molecule has 0 radical (unpaired) electrons. The van der Waals surface area contributed by atoms with Crippen molar-refractivity contribution in [3.63, 3.8) is 0 Å². The fraction of sp³-hybridized carbons (Fsp3) is 0.118. The molecule has 0 unspecified atom stereocenters. The third-order valence-corrected chi connectivity index (χ3v) is 4.91. The van der Waals surface area contributed by atoms with Gasteiger partial charge in [0, 0.05) is 9.86 Å². The van der Waals surface area contributed by atoms with E-state index in [9.17, 15) is 4.79 Å². The Morgan fingerprint density at radius 2 is 2.04 bits per heavy atom. The summed E-state index contributed by atoms with van der Waals surface area (Å²) >= 11 is 4.87. The summed E-state index contributed by atoms with van der Waals surface area (Å²) in [6, 6.07) is 13.6. The quantitative estimate of drug-likeness (QED) is 0.531. The number of carbonyl (C=O) groups is 1. The van der Waals surface area contributed by atoms with Crippen LogP contribution < -0.4 is 5.32 Å². The number of rotatable bonds is 4. The highest BCUT2D eigenvalue weighted by atomic mass is 79.9. The number of benzene rings is 2. The molecule has 0 saturated heterocycles. The molecule has 0 bridgehead atoms. The molecular formula is C17H14BrN3OS. The maximum atomic E-state index is 12.2. The van der Waals surface area contributed by atoms with Crippen molar-refractivity contribution in [2.24, 2.45) is 0 Å². The monoisotopic (exact) mass is 387 g/mol. The van der Waals surface area contributed by atoms with Crippen molar-refractivity contribution in [2.45, 2.75) is 11.9 Å². The maximum Gasteiger partial charge on any atom is 0.234 e. The molecule has 23 heavy (non-hydrogen) atoms. The van der Waals surface area contributed by atoms with Crippen LogP contribution in [-0.4, -0.2) is 21.6 Å². The van der Waals surface area contributed by atoms with Crippen molar-refractivity contribution in [3.05, 3.63) is 58.8 Å². The molecule has 1 heterocycles. The van der Waals surface area contributed by atoms with E-state index in [1.54, 1.807) is 0 Å². The lowest BCUT2D eigenvalue weighted by molar-refractivity contribution is -0.113. The molecule has 0 fully saturated rings. The van der Waals surface area contributed by atoms with Gasteiger partial charge in [0.2, 0.25) is 5.91 Å². The molecule has 0 aliphatic carbocycles. The minimum absolute atomic E-state index is 0.0674. The SMILES string of the molecule is Cc1ccc(NC(=O)CSc2ncnc3ccccc23)c(Br)c1. The van der Waals surface area contributed by atoms with E-state index in [0.717, 1.165) is 31.7 Å². The van der Waals surface area contributed by atoms with Crippen molar-refractivity contribution in [1.29, 1.82) is 0 Å². The molecule has 3 aromatic rings. The van der Waals surface area contributed by atoms with Crippen molar-refractivity contribution in [3.8, 4) is 0 Å². The zero-order valence-corrected chi connectivity index (χ0v) is 14.8. The average molecular weight is 388 g/mol. The first-order valence-corrected chi connectivity index (χ1v) is 8.80. The number of para-hydroxylation sites is 1. The van der Waals surface area contributed by atoms with Gasteiger partial charge in [0.25, 0.3) is 0 Å². The van der Waals surface area contributed by atoms with E-state index in [1.165, 1.54) is 18.1 Å². The van der Waals surface area contributed by atoms with Crippen LogP contribution >= 0.6 is 27.7 Å². The van der Waals surface area contributed by atoms with Gasteiger partial charge in [0.15, 0.2) is 0 Å². The van der Waals surface area contributed by atoms with E-state index in [1.807, 2.05) is 49.4 Å². The average Bonchev–Trinajstić information content (AvgIpc) is 2.55. The summed E-state index contributed by atoms with van der Waals surface area (Å²) < 4.78 is 0.878. The maximum absolute atomic E-state index is 12.2. The lowest BCUT2D eigenvalue weighted by atomic mass is 10.2. The summed E-state index contributed by atoms with van der Waals surface area (Å²) in [5.41, 5.74) is 2.79. The molecule has 2 aromatic carbocycles. The Kier molecular flexibility index (Phi) is 4.93. The fourth-order valence-electron chi connectivity index (χ4n) is 2.14. The molecule has 0 spiro atoms. The van der Waals surface area contributed by atoms with E-state index in [0.29, 0.717) is 5.75 Å². The smallest absolute Gasteiger partial charge is 0.234 e. The summed E-state index contributed by atoms with van der Waals surface area (Å²) in [5.74, 6) is 0.226. The zero-order valence-electron chi connectivity index (χ0n) is 12.4. The standard InChI is InChI=1S/C17H14BrN3OS/c1-11-6-7-15(13(18)8-11)21-16(22)9-23-17-12-4-2-3-5-14(12)19-10-20-17/h2-8,10H,9H2,1H3,(H,21,22). The predicted molar refractivity (Wildman–Crippen MR) is 97.8 cm³/mol. The summed E-state index contributed by atoms with van der Waals surface area (Å²) in [7, 11) is 0. The van der Waals surface area contributed by atoms with Crippen molar-refractivity contribution in [1.82, 2.24) is 9.97 Å². The number of aryl methyl sites for hydroxylation is 1. The van der Waals surface area contributed by atoms with Gasteiger partial charge in [-0.25, -0.2) is 9.97 Å². The number of thioether (sulfide) groups is 1. The third kappa shape index (κ3) is 3.89. The van der Waals surface area contributed by atoms with Crippen LogP contribution in [0.15, 0.2) is 58.3 Å². The van der Waals surface area contributed by atoms with Gasteiger partial charge in [-0.15, -0.1) is 0 Å². The number of anilines is 1. The van der Waals surface area contributed by atoms with E-state index in [4.69, 9.17) is 0 Å². The van der Waals surface area contributed by atoms with Crippen molar-refractivity contribution in [2.75, 3.05) is 11.1 Å². The first-order chi connectivity index (χ1) is 11.1. The third-order valence-electron chi connectivity index (χ3n) is 3.24. The lowest BCUT2D eigenvalue weighted by Crippen LogP contribution is -2.14. The van der Waals surface area contributed by atoms with Crippen LogP contribution in [0.5, 0.6) is 0 Å². The van der Waals surface area contributed by atoms with Gasteiger partial charge < -0.3 is 5.32 Å². The van der Waals surface area contributed by atoms with Crippen LogP contribution in [0.3, 0.4) is 0 Å². The van der Waals surface area contributed by atoms with Gasteiger partial charge in [0.1, 0.15) is 11.4 Å². The number of nitrogens with zero attached hydrogens (tertiary/aromatic N) is 2. The normalized spacial score (nSPS) is 10.7. The number of halogens is 1. The molecule has 3 rings (SSSR count). The first kappa shape index (κ1) is 16.0. The van der Waals surface area contributed by atoms with Crippen LogP contribution in [0, 0.1) is 6.92 Å². The molecule has 6 heteroatoms. The largest absolute Gasteiger partial charge is 0.324 e. The second-order valence-corrected chi connectivity index (χ2v) is 6.83. The lowest BCUT2D eigenvalue weighted by Gasteiger charge is -2.08. The van der Waals surface area contributed by atoms with E-state index < -0.39 is 0 Å². The first-order valence-electron chi connectivity index (χ1n) is 7.02. The van der Waals surface area contributed by atoms with Crippen LogP contribution in [0.1, 0.15) is 5.56 Å². The number of carbonyl (C=O) groups excluding carboxylic acids is 1. The Morgan fingerprint density at radius 3 is 2.87 bits per heavy atom. The van der Waals surface area contributed by atoms with Gasteiger partial charge in [-0.3, -0.25) is 4.79 Å². The Hall–Kier alpha value is -1.92. The van der Waals surface area contributed by atoms with Crippen molar-refractivity contribution < 1.29 is 4.79 Å². The van der Waals surface area contributed by atoms with E-state index >= 15 is 0 Å². The van der Waals surface area contributed by atoms with Gasteiger partial charge in [0.05, 0.1) is 17.0 Å². The van der Waals surface area contributed by atoms with Crippen molar-refractivity contribution >= 4 is 50.2 Å². The highest BCUT2D eigenvalue weighted by Gasteiger charge is 2.09. The number of fused-ring (bicyclic) bond motifs is 1. The molecule has 0 saturated carbocycles. The Morgan fingerprint density at radius 1 is 1.22 bits per heavy atom. The second-order valence-electron chi connectivity index (χ2n) is 5.02. The molecule has 1 amide bonds. The van der Waals surface area contributed by atoms with Gasteiger partial charge in [-0.05, 0) is 46.6 Å². The molecule has 0 atom stereocenters. The molecule has 0 aliphatic heterocycles. The van der Waals surface area contributed by atoms with Crippen LogP contribution in [0.4, 0.5) is 5.69 Å². The number of amides is 1. The summed E-state index contributed by atoms with van der Waals surface area (Å²) in [5, 5.41) is 4.68. The Balaban J connectivity index is 1.69. The number of hydrogen-bond donors (Lipinski definition) is 1. The van der Waals surface area contributed by atoms with Crippen LogP contribution in [-0.2, 0) is 4.79 Å². The fourth-order valence-corrected chi connectivity index (χ4v) is 3.52. The second kappa shape index (κ2) is 7.10. The summed E-state index contributed by atoms with van der Waals surface area (Å²) in [6.45, 7) is 2.01. The zero-order chi connectivity index (χ0) is 16.2. The van der Waals surface area contributed by atoms with E-state index in [-0.39, 0.29) is 5.91 Å². The predicted octanol–water partition coefficient (Wildman–Crippen LogP) is 4.43. The summed E-state index contributed by atoms with van der Waals surface area (Å²) in [4.78, 5) is 20.7. The number of hydrogen-bond acceptors (Lipinski definition) is 4. The van der Waals surface area contributed by atoms with E-state index in [2.05, 4.69) is 31.2 Å². The van der Waals surface area contributed by atoms with Gasteiger partial charge in [-0.2, -0.15) is 0 Å². The molecule has 4 nitrogen and oxygen atoms in total. The van der Waals surface area contributed by atoms with Gasteiger partial charge in [-0.1, -0.05) is 36.0 Å². The molecular weight excluding hydrogens is 374 g/mol. The molecule has 0 aliphatic rings. The highest BCUT2D eigenvalue weighted by molar-refractivity contribution is 9.10. The molecule has 1 aromatic heterocycles. The topological polar surface area (TPSA) is 54.9 Å². The Bertz CT molecular complexity index is 864. The Labute approximate surface area is 146 Å². The minimum Gasteiger partial charge on any atom is -0.324 e. The molecule has 116 valence electrons. The number of aromatic nitrogens is 2. The minimum atomic E-state index is -0.0674. The summed E-state index contributed by atoms with van der Waals surface area (Å²) in [6.07, 6.45) is 1.53. The number of nitrogens with one attached hydrogen (secondary N) is 1. The highest BCUT2D eigenvalue weighted by Crippen LogP contribution is 2.26.